The van der Waals surface area contributed by atoms with Gasteiger partial charge in [0.2, 0.25) is 5.75 Å². The molecule has 0 aliphatic rings. The number of azo groups is 1. The van der Waals surface area contributed by atoms with Crippen molar-refractivity contribution in [1.82, 2.24) is 0 Å². The van der Waals surface area contributed by atoms with Crippen LogP contribution in [0.4, 0.5) is 0 Å². The molecule has 0 N–H and O–H groups in total. The predicted molar refractivity (Wildman–Crippen MR) is 205 cm³/mol. The molecule has 0 radical (unpaired) electrons. The lowest BCUT2D eigenvalue weighted by Gasteiger charge is -2.28. The van der Waals surface area contributed by atoms with E-state index in [2.05, 4.69) is 35.4 Å². The van der Waals surface area contributed by atoms with Gasteiger partial charge >= 0.3 is 0 Å². The maximum Gasteiger partial charge on any atom is 0.203 e. The van der Waals surface area contributed by atoms with Gasteiger partial charge in [-0.25, -0.2) is 0 Å². The van der Waals surface area contributed by atoms with E-state index in [1.807, 2.05) is 31.2 Å². The summed E-state index contributed by atoms with van der Waals surface area (Å²) in [6, 6.07) is 15.1. The van der Waals surface area contributed by atoms with Gasteiger partial charge in [-0.05, 0) is 80.8 Å². The SMILES string of the molecule is CCCCCCCCCCCCCCCC(C#N)(CCCC(CCc1cc(OC)c(OC)c(OC)c1)/N=N/C)c1cccc(OCC)c1.Cl. The fourth-order valence-electron chi connectivity index (χ4n) is 6.76. The number of halogens is 1. The molecule has 276 valence electrons. The molecule has 0 spiro atoms. The Balaban J connectivity index is 0.0000120. The minimum atomic E-state index is -0.546. The minimum Gasteiger partial charge on any atom is -0.494 e. The summed E-state index contributed by atoms with van der Waals surface area (Å²) in [5, 5.41) is 19.5. The van der Waals surface area contributed by atoms with Crippen LogP contribution < -0.4 is 18.9 Å². The summed E-state index contributed by atoms with van der Waals surface area (Å²) in [7, 11) is 6.63. The zero-order chi connectivity index (χ0) is 34.9. The van der Waals surface area contributed by atoms with Crippen molar-refractivity contribution in [1.29, 1.82) is 5.26 Å². The number of unbranched alkanes of at least 4 members (excludes halogenated alkanes) is 12. The van der Waals surface area contributed by atoms with Gasteiger partial charge in [0, 0.05) is 7.05 Å². The first-order valence-corrected chi connectivity index (χ1v) is 18.7. The highest BCUT2D eigenvalue weighted by Gasteiger charge is 2.32. The van der Waals surface area contributed by atoms with Crippen molar-refractivity contribution in [2.24, 2.45) is 10.2 Å². The van der Waals surface area contributed by atoms with E-state index in [0.717, 1.165) is 61.8 Å². The first-order valence-electron chi connectivity index (χ1n) is 18.7. The Kier molecular flexibility index (Phi) is 24.1. The average molecular weight is 700 g/mol. The third-order valence-corrected chi connectivity index (χ3v) is 9.53. The van der Waals surface area contributed by atoms with E-state index in [9.17, 15) is 5.26 Å². The van der Waals surface area contributed by atoms with Gasteiger partial charge in [0.25, 0.3) is 0 Å². The number of benzene rings is 2. The second kappa shape index (κ2) is 26.8. The molecule has 2 rings (SSSR count). The van der Waals surface area contributed by atoms with Gasteiger partial charge in [0.05, 0.1) is 45.5 Å². The number of nitrogens with zero attached hydrogens (tertiary/aromatic N) is 3. The van der Waals surface area contributed by atoms with Gasteiger partial charge in [-0.3, -0.25) is 0 Å². The van der Waals surface area contributed by atoms with E-state index >= 15 is 0 Å². The smallest absolute Gasteiger partial charge is 0.203 e. The Hall–Kier alpha value is -2.98. The third kappa shape index (κ3) is 16.1. The van der Waals surface area contributed by atoms with E-state index < -0.39 is 5.41 Å². The summed E-state index contributed by atoms with van der Waals surface area (Å²) in [5.41, 5.74) is 1.62. The van der Waals surface area contributed by atoms with Gasteiger partial charge in [0.15, 0.2) is 11.5 Å². The lowest BCUT2D eigenvalue weighted by molar-refractivity contribution is 0.323. The number of hydrogen-bond acceptors (Lipinski definition) is 7. The van der Waals surface area contributed by atoms with E-state index in [-0.39, 0.29) is 18.4 Å². The van der Waals surface area contributed by atoms with Crippen LogP contribution in [0.1, 0.15) is 141 Å². The molecule has 0 saturated carbocycles. The van der Waals surface area contributed by atoms with E-state index in [1.54, 1.807) is 28.4 Å². The molecule has 2 atom stereocenters. The van der Waals surface area contributed by atoms with Crippen LogP contribution >= 0.6 is 12.4 Å². The van der Waals surface area contributed by atoms with Gasteiger partial charge in [-0.15, -0.1) is 12.4 Å². The summed E-state index contributed by atoms with van der Waals surface area (Å²) in [5.74, 6) is 2.74. The highest BCUT2D eigenvalue weighted by Crippen LogP contribution is 2.39. The monoisotopic (exact) mass is 699 g/mol. The molecule has 2 aromatic rings. The summed E-state index contributed by atoms with van der Waals surface area (Å²) in [6.07, 6.45) is 22.2. The van der Waals surface area contributed by atoms with Gasteiger partial charge < -0.3 is 18.9 Å². The molecule has 0 aromatic heterocycles. The quantitative estimate of drug-likeness (QED) is 0.0652. The number of methoxy groups -OCH3 is 3. The Morgan fingerprint density at radius 2 is 1.31 bits per heavy atom. The maximum absolute atomic E-state index is 10.7. The second-order valence-electron chi connectivity index (χ2n) is 13.1. The first-order chi connectivity index (χ1) is 23.5. The highest BCUT2D eigenvalue weighted by atomic mass is 35.5. The molecule has 0 heterocycles. The Morgan fingerprint density at radius 3 is 1.82 bits per heavy atom. The molecule has 0 saturated heterocycles. The summed E-state index contributed by atoms with van der Waals surface area (Å²) in [6.45, 7) is 4.89. The van der Waals surface area contributed by atoms with Crippen LogP contribution in [0.3, 0.4) is 0 Å². The van der Waals surface area contributed by atoms with E-state index in [0.29, 0.717) is 23.9 Å². The molecular weight excluding hydrogens is 634 g/mol. The number of hydrogen-bond donors (Lipinski definition) is 0. The zero-order valence-electron chi connectivity index (χ0n) is 31.6. The van der Waals surface area contributed by atoms with Crippen molar-refractivity contribution in [3.63, 3.8) is 0 Å². The normalized spacial score (nSPS) is 12.9. The van der Waals surface area contributed by atoms with Crippen molar-refractivity contribution in [3.05, 3.63) is 47.5 Å². The molecule has 0 amide bonds. The largest absolute Gasteiger partial charge is 0.494 e. The standard InChI is InChI=1S/C41H65N3O4.ClH/c1-7-9-10-11-12-13-14-15-16-17-18-19-20-28-41(33-42,35-23-21-25-37(32-35)48-8-2)29-22-24-36(44-43-3)27-26-34-30-38(45-4)40(47-6)39(31-34)46-5;/h21,23,25,30-32,36H,7-20,22,24,26-29H2,1-6H3;1H/b44-43+;. The van der Waals surface area contributed by atoms with Crippen LogP contribution in [-0.4, -0.2) is 41.0 Å². The van der Waals surface area contributed by atoms with Gasteiger partial charge in [-0.1, -0.05) is 103 Å². The number of rotatable bonds is 28. The van der Waals surface area contributed by atoms with E-state index in [1.165, 1.54) is 77.0 Å². The second-order valence-corrected chi connectivity index (χ2v) is 13.1. The molecular formula is C41H66ClN3O4. The van der Waals surface area contributed by atoms with Crippen molar-refractivity contribution in [3.8, 4) is 29.1 Å². The van der Waals surface area contributed by atoms with Crippen LogP contribution in [-0.2, 0) is 11.8 Å². The minimum absolute atomic E-state index is 0. The molecule has 0 bridgehead atoms. The van der Waals surface area contributed by atoms with Crippen LogP contribution in [0.5, 0.6) is 23.0 Å². The fraction of sp³-hybridized carbons (Fsp3) is 0.683. The van der Waals surface area contributed by atoms with Crippen LogP contribution in [0.2, 0.25) is 0 Å². The van der Waals surface area contributed by atoms with Gasteiger partial charge in [0.1, 0.15) is 5.75 Å². The van der Waals surface area contributed by atoms with Crippen molar-refractivity contribution >= 4 is 12.4 Å². The van der Waals surface area contributed by atoms with Crippen LogP contribution in [0.15, 0.2) is 46.6 Å². The summed E-state index contributed by atoms with van der Waals surface area (Å²) in [4.78, 5) is 0. The zero-order valence-corrected chi connectivity index (χ0v) is 32.4. The van der Waals surface area contributed by atoms with Crippen molar-refractivity contribution < 1.29 is 18.9 Å². The van der Waals surface area contributed by atoms with Crippen molar-refractivity contribution in [2.45, 2.75) is 147 Å². The maximum atomic E-state index is 10.7. The molecule has 0 aliphatic heterocycles. The summed E-state index contributed by atoms with van der Waals surface area (Å²) < 4.78 is 22.4. The Morgan fingerprint density at radius 1 is 0.735 bits per heavy atom. The fourth-order valence-corrected chi connectivity index (χ4v) is 6.76. The number of ether oxygens (including phenoxy) is 4. The average Bonchev–Trinajstić information content (AvgIpc) is 3.11. The number of aryl methyl sites for hydroxylation is 1. The molecule has 7 nitrogen and oxygen atoms in total. The Labute approximate surface area is 305 Å². The lowest BCUT2D eigenvalue weighted by atomic mass is 9.73. The highest BCUT2D eigenvalue weighted by molar-refractivity contribution is 5.85. The first kappa shape index (κ1) is 44.0. The van der Waals surface area contributed by atoms with Crippen molar-refractivity contribution in [2.75, 3.05) is 35.0 Å². The number of nitriles is 1. The van der Waals surface area contributed by atoms with Gasteiger partial charge in [-0.2, -0.15) is 15.5 Å². The molecule has 0 aliphatic carbocycles. The molecule has 2 unspecified atom stereocenters. The summed E-state index contributed by atoms with van der Waals surface area (Å²) >= 11 is 0. The topological polar surface area (TPSA) is 85.4 Å². The molecule has 0 fully saturated rings. The third-order valence-electron chi connectivity index (χ3n) is 9.53. The molecule has 8 heteroatoms. The molecule has 49 heavy (non-hydrogen) atoms. The van der Waals surface area contributed by atoms with Crippen LogP contribution in [0.25, 0.3) is 0 Å². The lowest BCUT2D eigenvalue weighted by Crippen LogP contribution is -2.25. The molecule has 2 aromatic carbocycles. The van der Waals surface area contributed by atoms with Crippen LogP contribution in [0, 0.1) is 11.3 Å². The van der Waals surface area contributed by atoms with E-state index in [4.69, 9.17) is 18.9 Å². The predicted octanol–water partition coefficient (Wildman–Crippen LogP) is 12.0. The Bertz CT molecular complexity index is 1190.